The fourth-order valence-electron chi connectivity index (χ4n) is 2.71. The quantitative estimate of drug-likeness (QED) is 0.565. The number of benzene rings is 2. The average Bonchev–Trinajstić information content (AvgIpc) is 3.00. The lowest BCUT2D eigenvalue weighted by atomic mass is 10.1. The zero-order chi connectivity index (χ0) is 20.3. The Morgan fingerprint density at radius 1 is 1.14 bits per heavy atom. The van der Waals surface area contributed by atoms with Crippen molar-refractivity contribution in [3.63, 3.8) is 0 Å². The van der Waals surface area contributed by atoms with Crippen molar-refractivity contribution in [2.24, 2.45) is 0 Å². The van der Waals surface area contributed by atoms with Crippen LogP contribution in [0.5, 0.6) is 11.5 Å². The van der Waals surface area contributed by atoms with E-state index in [0.29, 0.717) is 23.7 Å². The number of halogens is 1. The molecule has 0 radical (unpaired) electrons. The molecule has 6 nitrogen and oxygen atoms in total. The molecule has 0 aliphatic carbocycles. The summed E-state index contributed by atoms with van der Waals surface area (Å²) in [6, 6.07) is 10.7. The van der Waals surface area contributed by atoms with Gasteiger partial charge in [-0.15, -0.1) is 0 Å². The predicted octanol–water partition coefficient (Wildman–Crippen LogP) is 5.20. The molecule has 3 rings (SSSR count). The molecule has 1 aromatic heterocycles. The van der Waals surface area contributed by atoms with E-state index in [4.69, 9.17) is 14.0 Å². The van der Waals surface area contributed by atoms with Gasteiger partial charge in [-0.2, -0.15) is 0 Å². The molecule has 0 unspecified atom stereocenters. The van der Waals surface area contributed by atoms with Gasteiger partial charge in [0.25, 0.3) is 5.91 Å². The number of nitrogens with one attached hydrogen (secondary N) is 1. The zero-order valence-corrected chi connectivity index (χ0v) is 17.7. The maximum Gasteiger partial charge on any atom is 0.255 e. The van der Waals surface area contributed by atoms with Gasteiger partial charge in [0.15, 0.2) is 11.5 Å². The molecule has 0 saturated carbocycles. The summed E-state index contributed by atoms with van der Waals surface area (Å²) in [5.74, 6) is 1.51. The summed E-state index contributed by atoms with van der Waals surface area (Å²) in [6.07, 6.45) is 0. The van der Waals surface area contributed by atoms with Gasteiger partial charge < -0.3 is 19.3 Å². The minimum atomic E-state index is -0.225. The van der Waals surface area contributed by atoms with Crippen LogP contribution >= 0.6 is 15.9 Å². The molecule has 0 spiro atoms. The lowest BCUT2D eigenvalue weighted by molar-refractivity contribution is 0.102. The number of ether oxygens (including phenoxy) is 2. The zero-order valence-electron chi connectivity index (χ0n) is 16.1. The van der Waals surface area contributed by atoms with Gasteiger partial charge >= 0.3 is 0 Å². The van der Waals surface area contributed by atoms with Gasteiger partial charge in [-0.1, -0.05) is 21.1 Å². The van der Waals surface area contributed by atoms with Gasteiger partial charge in [0, 0.05) is 15.7 Å². The minimum absolute atomic E-state index is 0.225. The van der Waals surface area contributed by atoms with Crippen LogP contribution in [0.25, 0.3) is 0 Å². The Morgan fingerprint density at radius 3 is 2.57 bits per heavy atom. The highest BCUT2D eigenvalue weighted by atomic mass is 79.9. The monoisotopic (exact) mass is 444 g/mol. The third-order valence-electron chi connectivity index (χ3n) is 4.39. The largest absolute Gasteiger partial charge is 0.493 e. The Labute approximate surface area is 172 Å². The Balaban J connectivity index is 1.74. The molecule has 0 atom stereocenters. The molecule has 0 aliphatic rings. The van der Waals surface area contributed by atoms with Crippen molar-refractivity contribution in [3.8, 4) is 11.5 Å². The van der Waals surface area contributed by atoms with Crippen LogP contribution in [0.15, 0.2) is 45.4 Å². The summed E-state index contributed by atoms with van der Waals surface area (Å²) in [5.41, 5.74) is 3.93. The first-order chi connectivity index (χ1) is 13.4. The van der Waals surface area contributed by atoms with Crippen LogP contribution in [0.4, 0.5) is 5.69 Å². The van der Waals surface area contributed by atoms with Gasteiger partial charge in [0.05, 0.1) is 18.4 Å². The van der Waals surface area contributed by atoms with E-state index in [0.717, 1.165) is 32.7 Å². The normalized spacial score (nSPS) is 10.6. The van der Waals surface area contributed by atoms with E-state index in [9.17, 15) is 4.79 Å². The maximum absolute atomic E-state index is 12.6. The van der Waals surface area contributed by atoms with Gasteiger partial charge in [-0.3, -0.25) is 4.79 Å². The molecule has 7 heteroatoms. The summed E-state index contributed by atoms with van der Waals surface area (Å²) < 4.78 is 17.4. The van der Waals surface area contributed by atoms with E-state index in [-0.39, 0.29) is 5.91 Å². The van der Waals surface area contributed by atoms with Gasteiger partial charge in [-0.25, -0.2) is 0 Å². The molecule has 1 N–H and O–H groups in total. The number of hydrogen-bond donors (Lipinski definition) is 1. The first-order valence-electron chi connectivity index (χ1n) is 8.69. The van der Waals surface area contributed by atoms with Crippen molar-refractivity contribution >= 4 is 27.5 Å². The van der Waals surface area contributed by atoms with E-state index in [2.05, 4.69) is 26.4 Å². The molecule has 1 amide bonds. The SMILES string of the molecule is COc1cc(C(=O)Nc2ccc(Br)c(C)c2)ccc1OCc1c(C)noc1C. The number of nitrogens with zero attached hydrogens (tertiary/aromatic N) is 1. The summed E-state index contributed by atoms with van der Waals surface area (Å²) in [7, 11) is 1.54. The standard InChI is InChI=1S/C21H21BrN2O4/c1-12-9-16(6-7-18(12)22)23-21(25)15-5-8-19(20(10-15)26-4)27-11-17-13(2)24-28-14(17)3/h5-10H,11H2,1-4H3,(H,23,25). The van der Waals surface area contributed by atoms with Crippen LogP contribution in [-0.2, 0) is 6.61 Å². The number of aryl methyl sites for hydroxylation is 3. The van der Waals surface area contributed by atoms with Gasteiger partial charge in [0.2, 0.25) is 0 Å². The van der Waals surface area contributed by atoms with Crippen molar-refractivity contribution in [2.75, 3.05) is 12.4 Å². The fraction of sp³-hybridized carbons (Fsp3) is 0.238. The maximum atomic E-state index is 12.6. The highest BCUT2D eigenvalue weighted by molar-refractivity contribution is 9.10. The van der Waals surface area contributed by atoms with E-state index >= 15 is 0 Å². The lowest BCUT2D eigenvalue weighted by Gasteiger charge is -2.12. The van der Waals surface area contributed by atoms with Crippen LogP contribution < -0.4 is 14.8 Å². The summed E-state index contributed by atoms with van der Waals surface area (Å²) in [5, 5.41) is 6.81. The van der Waals surface area contributed by atoms with E-state index in [1.54, 1.807) is 18.2 Å². The topological polar surface area (TPSA) is 73.6 Å². The highest BCUT2D eigenvalue weighted by Gasteiger charge is 2.14. The number of carbonyl (C=O) groups excluding carboxylic acids is 1. The summed E-state index contributed by atoms with van der Waals surface area (Å²) in [6.45, 7) is 5.98. The highest BCUT2D eigenvalue weighted by Crippen LogP contribution is 2.30. The second kappa shape index (κ2) is 8.48. The van der Waals surface area contributed by atoms with Crippen molar-refractivity contribution in [3.05, 3.63) is 69.0 Å². The molecule has 1 heterocycles. The smallest absolute Gasteiger partial charge is 0.255 e. The van der Waals surface area contributed by atoms with Crippen LogP contribution in [0.2, 0.25) is 0 Å². The van der Waals surface area contributed by atoms with Crippen LogP contribution in [0.1, 0.15) is 32.9 Å². The molecule has 146 valence electrons. The predicted molar refractivity (Wildman–Crippen MR) is 110 cm³/mol. The number of carbonyl (C=O) groups is 1. The van der Waals surface area contributed by atoms with Crippen molar-refractivity contribution in [2.45, 2.75) is 27.4 Å². The van der Waals surface area contributed by atoms with E-state index in [1.165, 1.54) is 7.11 Å². The molecule has 28 heavy (non-hydrogen) atoms. The van der Waals surface area contributed by atoms with Crippen molar-refractivity contribution in [1.82, 2.24) is 5.16 Å². The number of hydrogen-bond acceptors (Lipinski definition) is 5. The van der Waals surface area contributed by atoms with Gasteiger partial charge in [-0.05, 0) is 62.7 Å². The number of rotatable bonds is 6. The van der Waals surface area contributed by atoms with Gasteiger partial charge in [0.1, 0.15) is 12.4 Å². The Hall–Kier alpha value is -2.80. The van der Waals surface area contributed by atoms with E-state index in [1.807, 2.05) is 39.0 Å². The molecular weight excluding hydrogens is 424 g/mol. The second-order valence-electron chi connectivity index (χ2n) is 6.38. The molecule has 3 aromatic rings. The number of methoxy groups -OCH3 is 1. The number of amides is 1. The summed E-state index contributed by atoms with van der Waals surface area (Å²) in [4.78, 5) is 12.6. The molecule has 0 saturated heterocycles. The molecular formula is C21H21BrN2O4. The van der Waals surface area contributed by atoms with Crippen LogP contribution in [0, 0.1) is 20.8 Å². The van der Waals surface area contributed by atoms with Crippen molar-refractivity contribution < 1.29 is 18.8 Å². The first-order valence-corrected chi connectivity index (χ1v) is 9.48. The van der Waals surface area contributed by atoms with Crippen LogP contribution in [-0.4, -0.2) is 18.2 Å². The summed E-state index contributed by atoms with van der Waals surface area (Å²) >= 11 is 3.45. The number of anilines is 1. The average molecular weight is 445 g/mol. The van der Waals surface area contributed by atoms with Crippen molar-refractivity contribution in [1.29, 1.82) is 0 Å². The third kappa shape index (κ3) is 4.36. The first kappa shape index (κ1) is 19.9. The minimum Gasteiger partial charge on any atom is -0.493 e. The van der Waals surface area contributed by atoms with Crippen LogP contribution in [0.3, 0.4) is 0 Å². The molecule has 0 fully saturated rings. The molecule has 0 bridgehead atoms. The Kier molecular flexibility index (Phi) is 6.04. The fourth-order valence-corrected chi connectivity index (χ4v) is 2.96. The molecule has 0 aliphatic heterocycles. The third-order valence-corrected chi connectivity index (χ3v) is 5.28. The Bertz CT molecular complexity index is 994. The second-order valence-corrected chi connectivity index (χ2v) is 7.23. The molecule has 2 aromatic carbocycles. The van der Waals surface area contributed by atoms with E-state index < -0.39 is 0 Å². The Morgan fingerprint density at radius 2 is 1.93 bits per heavy atom. The lowest BCUT2D eigenvalue weighted by Crippen LogP contribution is -2.12. The number of aromatic nitrogens is 1.